The zero-order valence-electron chi connectivity index (χ0n) is 17.7. The van der Waals surface area contributed by atoms with Gasteiger partial charge in [-0.15, -0.1) is 0 Å². The van der Waals surface area contributed by atoms with E-state index in [1.165, 1.54) is 90.1 Å². The Labute approximate surface area is 177 Å². The molecule has 5 fully saturated rings. The minimum Gasteiger partial charge on any atom is -0.334 e. The molecule has 0 bridgehead atoms. The van der Waals surface area contributed by atoms with Crippen LogP contribution in [0.5, 0.6) is 0 Å². The molecule has 4 atom stereocenters. The molecule has 3 heterocycles. The van der Waals surface area contributed by atoms with Crippen molar-refractivity contribution in [1.29, 1.82) is 0 Å². The summed E-state index contributed by atoms with van der Waals surface area (Å²) in [7, 11) is 0. The molecule has 5 heteroatoms. The van der Waals surface area contributed by atoms with E-state index in [-0.39, 0.29) is 0 Å². The Kier molecular flexibility index (Phi) is 6.13. The third-order valence-corrected chi connectivity index (χ3v) is 9.12. The monoisotopic (exact) mass is 404 g/mol. The summed E-state index contributed by atoms with van der Waals surface area (Å²) in [6.45, 7) is 7.01. The Bertz CT molecular complexity index is 505. The molecule has 5 rings (SSSR count). The number of nitrogens with zero attached hydrogens (tertiary/aromatic N) is 4. The second-order valence-electron chi connectivity index (χ2n) is 10.2. The molecule has 0 aromatic rings. The van der Waals surface area contributed by atoms with Gasteiger partial charge in [0.05, 0.1) is 13.3 Å². The van der Waals surface area contributed by atoms with Crippen LogP contribution in [0.4, 0.5) is 0 Å². The van der Waals surface area contributed by atoms with Gasteiger partial charge in [0.2, 0.25) is 0 Å². The van der Waals surface area contributed by atoms with Crippen LogP contribution in [0.2, 0.25) is 0 Å². The Morgan fingerprint density at radius 1 is 0.571 bits per heavy atom. The lowest BCUT2D eigenvalue weighted by molar-refractivity contribution is 0.0326. The molecule has 3 saturated heterocycles. The lowest BCUT2D eigenvalue weighted by Gasteiger charge is -2.46. The molecular weight excluding hydrogens is 364 g/mol. The molecule has 0 amide bonds. The number of hydrogen-bond acceptors (Lipinski definition) is 3. The number of piperidine rings is 2. The first-order chi connectivity index (χ1) is 13.8. The highest BCUT2D eigenvalue weighted by Crippen LogP contribution is 2.37. The first kappa shape index (κ1) is 19.6. The van der Waals surface area contributed by atoms with E-state index in [1.807, 2.05) is 0 Å². The summed E-state index contributed by atoms with van der Waals surface area (Å²) in [5.41, 5.74) is 0. The summed E-state index contributed by atoms with van der Waals surface area (Å²) in [6, 6.07) is 1.67. The van der Waals surface area contributed by atoms with Crippen LogP contribution in [0.15, 0.2) is 0 Å². The van der Waals surface area contributed by atoms with Crippen molar-refractivity contribution in [3.05, 3.63) is 0 Å². The normalized spacial score (nSPS) is 37.8. The minimum atomic E-state index is 0.837. The second-order valence-corrected chi connectivity index (χ2v) is 10.6. The van der Waals surface area contributed by atoms with Crippen LogP contribution in [0.1, 0.15) is 77.0 Å². The van der Waals surface area contributed by atoms with Gasteiger partial charge in [0.15, 0.2) is 5.11 Å². The Balaban J connectivity index is 1.17. The maximum Gasteiger partial charge on any atom is 0.173 e. The third kappa shape index (κ3) is 3.96. The zero-order chi connectivity index (χ0) is 18.9. The summed E-state index contributed by atoms with van der Waals surface area (Å²) >= 11 is 5.99. The van der Waals surface area contributed by atoms with E-state index < -0.39 is 0 Å². The van der Waals surface area contributed by atoms with Gasteiger partial charge < -0.3 is 9.80 Å². The third-order valence-electron chi connectivity index (χ3n) is 8.60. The SMILES string of the molecule is S=C1N(CN2CCCC3CCCCC32)CCN1CN1CCCC2CCCCC21. The summed E-state index contributed by atoms with van der Waals surface area (Å²) < 4.78 is 0. The van der Waals surface area contributed by atoms with Gasteiger partial charge in [-0.3, -0.25) is 9.80 Å². The van der Waals surface area contributed by atoms with Crippen molar-refractivity contribution in [3.63, 3.8) is 0 Å². The number of thiocarbonyl (C=S) groups is 1. The van der Waals surface area contributed by atoms with Gasteiger partial charge in [0, 0.05) is 38.3 Å². The van der Waals surface area contributed by atoms with Gasteiger partial charge in [-0.1, -0.05) is 25.7 Å². The first-order valence-corrected chi connectivity index (χ1v) is 12.7. The predicted octanol–water partition coefficient (Wildman–Crippen LogP) is 4.11. The highest BCUT2D eigenvalue weighted by atomic mass is 32.1. The number of fused-ring (bicyclic) bond motifs is 2. The lowest BCUT2D eigenvalue weighted by Crippen LogP contribution is -2.53. The van der Waals surface area contributed by atoms with Gasteiger partial charge in [-0.05, 0) is 75.4 Å². The fraction of sp³-hybridized carbons (Fsp3) is 0.957. The molecule has 158 valence electrons. The molecule has 5 aliphatic rings. The fourth-order valence-electron chi connectivity index (χ4n) is 7.14. The fourth-order valence-corrected chi connectivity index (χ4v) is 7.44. The van der Waals surface area contributed by atoms with Gasteiger partial charge in [-0.25, -0.2) is 0 Å². The summed E-state index contributed by atoms with van der Waals surface area (Å²) in [6.07, 6.45) is 17.3. The largest absolute Gasteiger partial charge is 0.334 e. The molecule has 0 aromatic heterocycles. The van der Waals surface area contributed by atoms with Crippen molar-refractivity contribution >= 4 is 17.3 Å². The van der Waals surface area contributed by atoms with Gasteiger partial charge in [0.25, 0.3) is 0 Å². The molecule has 0 radical (unpaired) electrons. The molecule has 3 aliphatic heterocycles. The quantitative estimate of drug-likeness (QED) is 0.652. The van der Waals surface area contributed by atoms with Crippen molar-refractivity contribution in [2.75, 3.05) is 39.5 Å². The maximum atomic E-state index is 5.99. The van der Waals surface area contributed by atoms with Crippen LogP contribution in [0.3, 0.4) is 0 Å². The van der Waals surface area contributed by atoms with E-state index in [0.717, 1.165) is 55.5 Å². The van der Waals surface area contributed by atoms with E-state index in [1.54, 1.807) is 0 Å². The average molecular weight is 405 g/mol. The van der Waals surface area contributed by atoms with Crippen molar-refractivity contribution < 1.29 is 0 Å². The van der Waals surface area contributed by atoms with E-state index in [0.29, 0.717) is 0 Å². The van der Waals surface area contributed by atoms with Crippen molar-refractivity contribution in [2.45, 2.75) is 89.1 Å². The van der Waals surface area contributed by atoms with Crippen LogP contribution >= 0.6 is 12.2 Å². The molecule has 4 unspecified atom stereocenters. The zero-order valence-corrected chi connectivity index (χ0v) is 18.6. The van der Waals surface area contributed by atoms with E-state index in [4.69, 9.17) is 12.2 Å². The molecule has 0 N–H and O–H groups in total. The summed E-state index contributed by atoms with van der Waals surface area (Å²) in [5.74, 6) is 1.93. The lowest BCUT2D eigenvalue weighted by atomic mass is 9.78. The highest BCUT2D eigenvalue weighted by Gasteiger charge is 2.38. The van der Waals surface area contributed by atoms with E-state index in [2.05, 4.69) is 19.6 Å². The van der Waals surface area contributed by atoms with Crippen LogP contribution in [0, 0.1) is 11.8 Å². The molecule has 2 aliphatic carbocycles. The molecule has 28 heavy (non-hydrogen) atoms. The molecular formula is C23H40N4S. The van der Waals surface area contributed by atoms with Gasteiger partial charge in [0.1, 0.15) is 0 Å². The van der Waals surface area contributed by atoms with Crippen LogP contribution < -0.4 is 0 Å². The first-order valence-electron chi connectivity index (χ1n) is 12.3. The van der Waals surface area contributed by atoms with Gasteiger partial charge >= 0.3 is 0 Å². The van der Waals surface area contributed by atoms with E-state index in [9.17, 15) is 0 Å². The standard InChI is InChI=1S/C23H40N4S/c28-23-26(17-24-13-5-9-19-7-1-3-11-21(19)24)15-16-27(23)18-25-14-6-10-20-8-2-4-12-22(20)25/h19-22H,1-18H2. The maximum absolute atomic E-state index is 5.99. The highest BCUT2D eigenvalue weighted by molar-refractivity contribution is 7.80. The Morgan fingerprint density at radius 3 is 1.50 bits per heavy atom. The van der Waals surface area contributed by atoms with Crippen LogP contribution in [-0.2, 0) is 0 Å². The summed E-state index contributed by atoms with van der Waals surface area (Å²) in [4.78, 5) is 10.6. The second kappa shape index (κ2) is 8.77. The molecule has 4 nitrogen and oxygen atoms in total. The van der Waals surface area contributed by atoms with E-state index >= 15 is 0 Å². The predicted molar refractivity (Wildman–Crippen MR) is 119 cm³/mol. The van der Waals surface area contributed by atoms with Crippen molar-refractivity contribution in [2.24, 2.45) is 11.8 Å². The van der Waals surface area contributed by atoms with Crippen molar-refractivity contribution in [3.8, 4) is 0 Å². The van der Waals surface area contributed by atoms with Crippen LogP contribution in [0.25, 0.3) is 0 Å². The number of rotatable bonds is 4. The van der Waals surface area contributed by atoms with Crippen molar-refractivity contribution in [1.82, 2.24) is 19.6 Å². The summed E-state index contributed by atoms with van der Waals surface area (Å²) in [5, 5.41) is 1.14. The number of hydrogen-bond donors (Lipinski definition) is 0. The molecule has 0 spiro atoms. The molecule has 2 saturated carbocycles. The Hall–Kier alpha value is -0.390. The smallest absolute Gasteiger partial charge is 0.173 e. The minimum absolute atomic E-state index is 0.837. The van der Waals surface area contributed by atoms with Gasteiger partial charge in [-0.2, -0.15) is 0 Å². The molecule has 0 aromatic carbocycles. The Morgan fingerprint density at radius 2 is 1.00 bits per heavy atom. The van der Waals surface area contributed by atoms with Crippen LogP contribution in [-0.4, -0.2) is 76.3 Å². The average Bonchev–Trinajstić information content (AvgIpc) is 3.08. The number of likely N-dealkylation sites (tertiary alicyclic amines) is 2. The topological polar surface area (TPSA) is 13.0 Å².